The van der Waals surface area contributed by atoms with E-state index in [1.807, 2.05) is 18.2 Å². The fraction of sp³-hybridized carbons (Fsp3) is 0.200. The standard InChI is InChI=1S/C15H15ClIN/c1-9-3-5-12(10(2)7-9)15(18)11-4-6-14(17)13(16)8-11/h3-8,15H,18H2,1-2H3. The molecule has 0 aliphatic heterocycles. The lowest BCUT2D eigenvalue weighted by Gasteiger charge is -2.16. The molecule has 0 bridgehead atoms. The molecule has 94 valence electrons. The second-order valence-corrected chi connectivity index (χ2v) is 6.08. The van der Waals surface area contributed by atoms with E-state index < -0.39 is 0 Å². The van der Waals surface area contributed by atoms with Crippen molar-refractivity contribution in [2.45, 2.75) is 19.9 Å². The Balaban J connectivity index is 2.41. The maximum atomic E-state index is 6.33. The van der Waals surface area contributed by atoms with Crippen molar-refractivity contribution < 1.29 is 0 Å². The number of aryl methyl sites for hydroxylation is 2. The van der Waals surface area contributed by atoms with Gasteiger partial charge in [0.15, 0.2) is 0 Å². The average molecular weight is 372 g/mol. The first kappa shape index (κ1) is 13.8. The normalized spacial score (nSPS) is 12.5. The van der Waals surface area contributed by atoms with Crippen LogP contribution < -0.4 is 5.73 Å². The smallest absolute Gasteiger partial charge is 0.0554 e. The molecule has 1 nitrogen and oxygen atoms in total. The van der Waals surface area contributed by atoms with Gasteiger partial charge >= 0.3 is 0 Å². The van der Waals surface area contributed by atoms with Gasteiger partial charge in [-0.2, -0.15) is 0 Å². The van der Waals surface area contributed by atoms with Crippen LogP contribution in [0, 0.1) is 17.4 Å². The van der Waals surface area contributed by atoms with E-state index in [1.165, 1.54) is 11.1 Å². The summed E-state index contributed by atoms with van der Waals surface area (Å²) in [6, 6.07) is 12.2. The van der Waals surface area contributed by atoms with E-state index in [4.69, 9.17) is 17.3 Å². The summed E-state index contributed by atoms with van der Waals surface area (Å²) >= 11 is 8.36. The molecule has 0 radical (unpaired) electrons. The van der Waals surface area contributed by atoms with Crippen LogP contribution in [0.25, 0.3) is 0 Å². The number of benzene rings is 2. The monoisotopic (exact) mass is 371 g/mol. The predicted octanol–water partition coefficient (Wildman–Crippen LogP) is 4.61. The first-order chi connectivity index (χ1) is 8.49. The number of nitrogens with two attached hydrogens (primary N) is 1. The van der Waals surface area contributed by atoms with Crippen molar-refractivity contribution in [1.82, 2.24) is 0 Å². The van der Waals surface area contributed by atoms with E-state index in [9.17, 15) is 0 Å². The molecule has 1 unspecified atom stereocenters. The van der Waals surface area contributed by atoms with Gasteiger partial charge in [-0.1, -0.05) is 41.4 Å². The third-order valence-electron chi connectivity index (χ3n) is 3.06. The lowest BCUT2D eigenvalue weighted by atomic mass is 9.95. The van der Waals surface area contributed by atoms with Crippen molar-refractivity contribution in [2.75, 3.05) is 0 Å². The van der Waals surface area contributed by atoms with Gasteiger partial charge in [-0.3, -0.25) is 0 Å². The Bertz CT molecular complexity index is 581. The molecule has 2 rings (SSSR count). The molecule has 0 aliphatic rings. The molecule has 0 saturated carbocycles. The minimum absolute atomic E-state index is 0.125. The second-order valence-electron chi connectivity index (χ2n) is 4.51. The van der Waals surface area contributed by atoms with Crippen LogP contribution in [0.5, 0.6) is 0 Å². The molecule has 0 aromatic heterocycles. The van der Waals surface area contributed by atoms with Gasteiger partial charge in [-0.15, -0.1) is 0 Å². The van der Waals surface area contributed by atoms with E-state index in [-0.39, 0.29) is 6.04 Å². The summed E-state index contributed by atoms with van der Waals surface area (Å²) < 4.78 is 1.05. The van der Waals surface area contributed by atoms with Gasteiger partial charge in [0.2, 0.25) is 0 Å². The zero-order valence-electron chi connectivity index (χ0n) is 10.4. The zero-order chi connectivity index (χ0) is 13.3. The topological polar surface area (TPSA) is 26.0 Å². The van der Waals surface area contributed by atoms with Crippen LogP contribution in [0.2, 0.25) is 5.02 Å². The molecule has 2 aromatic carbocycles. The molecule has 0 saturated heterocycles. The summed E-state index contributed by atoms with van der Waals surface area (Å²) in [6.07, 6.45) is 0. The number of hydrogen-bond acceptors (Lipinski definition) is 1. The molecule has 2 N–H and O–H groups in total. The van der Waals surface area contributed by atoms with Crippen molar-refractivity contribution in [1.29, 1.82) is 0 Å². The van der Waals surface area contributed by atoms with Gasteiger partial charge in [0.25, 0.3) is 0 Å². The van der Waals surface area contributed by atoms with Crippen molar-refractivity contribution in [3.8, 4) is 0 Å². The van der Waals surface area contributed by atoms with Crippen LogP contribution in [-0.4, -0.2) is 0 Å². The molecule has 0 spiro atoms. The quantitative estimate of drug-likeness (QED) is 0.767. The molecule has 0 heterocycles. The lowest BCUT2D eigenvalue weighted by Crippen LogP contribution is -2.13. The van der Waals surface area contributed by atoms with Crippen LogP contribution in [0.4, 0.5) is 0 Å². The van der Waals surface area contributed by atoms with Crippen LogP contribution in [0.1, 0.15) is 28.3 Å². The average Bonchev–Trinajstić information content (AvgIpc) is 2.32. The highest BCUT2D eigenvalue weighted by atomic mass is 127. The number of rotatable bonds is 2. The summed E-state index contributed by atoms with van der Waals surface area (Å²) in [7, 11) is 0. The highest BCUT2D eigenvalue weighted by Gasteiger charge is 2.12. The summed E-state index contributed by atoms with van der Waals surface area (Å²) in [5, 5.41) is 0.758. The SMILES string of the molecule is Cc1ccc(C(N)c2ccc(I)c(Cl)c2)c(C)c1. The highest BCUT2D eigenvalue weighted by Crippen LogP contribution is 2.27. The van der Waals surface area contributed by atoms with Gasteiger partial charge < -0.3 is 5.73 Å². The molecule has 3 heteroatoms. The third kappa shape index (κ3) is 2.87. The highest BCUT2D eigenvalue weighted by molar-refractivity contribution is 14.1. The third-order valence-corrected chi connectivity index (χ3v) is 4.64. The zero-order valence-corrected chi connectivity index (χ0v) is 13.3. The van der Waals surface area contributed by atoms with E-state index >= 15 is 0 Å². The lowest BCUT2D eigenvalue weighted by molar-refractivity contribution is 0.860. The van der Waals surface area contributed by atoms with E-state index in [0.29, 0.717) is 0 Å². The van der Waals surface area contributed by atoms with Crippen LogP contribution in [0.3, 0.4) is 0 Å². The Hall–Kier alpha value is -0.580. The van der Waals surface area contributed by atoms with E-state index in [1.54, 1.807) is 0 Å². The Labute approximate surface area is 126 Å². The number of halogens is 2. The number of hydrogen-bond donors (Lipinski definition) is 1. The van der Waals surface area contributed by atoms with Gasteiger partial charge in [0.05, 0.1) is 11.1 Å². The minimum atomic E-state index is -0.125. The van der Waals surface area contributed by atoms with Crippen molar-refractivity contribution in [2.24, 2.45) is 5.73 Å². The summed E-state index contributed by atoms with van der Waals surface area (Å²) in [5.74, 6) is 0. The molecule has 0 aliphatic carbocycles. The molecule has 0 amide bonds. The van der Waals surface area contributed by atoms with Crippen molar-refractivity contribution in [3.05, 3.63) is 67.2 Å². The summed E-state index contributed by atoms with van der Waals surface area (Å²) in [5.41, 5.74) is 11.0. The molecule has 1 atom stereocenters. The van der Waals surface area contributed by atoms with Gasteiger partial charge in [-0.25, -0.2) is 0 Å². The van der Waals surface area contributed by atoms with Crippen LogP contribution in [0.15, 0.2) is 36.4 Å². The first-order valence-electron chi connectivity index (χ1n) is 5.76. The van der Waals surface area contributed by atoms with Gasteiger partial charge in [0, 0.05) is 3.57 Å². The molecule has 2 aromatic rings. The summed E-state index contributed by atoms with van der Waals surface area (Å²) in [4.78, 5) is 0. The van der Waals surface area contributed by atoms with Crippen molar-refractivity contribution >= 4 is 34.2 Å². The molecule has 0 fully saturated rings. The first-order valence-corrected chi connectivity index (χ1v) is 7.22. The Morgan fingerprint density at radius 1 is 1.11 bits per heavy atom. The maximum Gasteiger partial charge on any atom is 0.0554 e. The Morgan fingerprint density at radius 3 is 2.44 bits per heavy atom. The molecular weight excluding hydrogens is 357 g/mol. The van der Waals surface area contributed by atoms with Crippen molar-refractivity contribution in [3.63, 3.8) is 0 Å². The van der Waals surface area contributed by atoms with Gasteiger partial charge in [-0.05, 0) is 65.3 Å². The van der Waals surface area contributed by atoms with Gasteiger partial charge in [0.1, 0.15) is 0 Å². The fourth-order valence-electron chi connectivity index (χ4n) is 2.06. The summed E-state index contributed by atoms with van der Waals surface area (Å²) in [6.45, 7) is 4.18. The largest absolute Gasteiger partial charge is 0.320 e. The van der Waals surface area contributed by atoms with Crippen LogP contribution >= 0.6 is 34.2 Å². The van der Waals surface area contributed by atoms with E-state index in [0.717, 1.165) is 19.7 Å². The predicted molar refractivity (Wildman–Crippen MR) is 86.1 cm³/mol. The second kappa shape index (κ2) is 5.59. The molecular formula is C15H15ClIN. The maximum absolute atomic E-state index is 6.33. The molecule has 18 heavy (non-hydrogen) atoms. The minimum Gasteiger partial charge on any atom is -0.320 e. The van der Waals surface area contributed by atoms with E-state index in [2.05, 4.69) is 54.6 Å². The Kier molecular flexibility index (Phi) is 4.30. The van der Waals surface area contributed by atoms with Crippen LogP contribution in [-0.2, 0) is 0 Å². The fourth-order valence-corrected chi connectivity index (χ4v) is 2.58. The Morgan fingerprint density at radius 2 is 1.83 bits per heavy atom.